The van der Waals surface area contributed by atoms with Crippen LogP contribution in [0.3, 0.4) is 0 Å². The van der Waals surface area contributed by atoms with Gasteiger partial charge in [0.15, 0.2) is 11.5 Å². The molecule has 0 aliphatic carbocycles. The lowest BCUT2D eigenvalue weighted by Gasteiger charge is -2.26. The van der Waals surface area contributed by atoms with Gasteiger partial charge in [0.25, 0.3) is 0 Å². The molecule has 1 saturated heterocycles. The minimum absolute atomic E-state index is 0.458. The lowest BCUT2D eigenvalue weighted by Crippen LogP contribution is -2.37. The van der Waals surface area contributed by atoms with Gasteiger partial charge in [-0.25, -0.2) is 0 Å². The molecule has 2 aromatic carbocycles. The summed E-state index contributed by atoms with van der Waals surface area (Å²) in [4.78, 5) is 10.0. The van der Waals surface area contributed by atoms with E-state index in [2.05, 4.69) is 31.6 Å². The maximum atomic E-state index is 9.86. The largest absolute Gasteiger partial charge is 0.493 e. The van der Waals surface area contributed by atoms with Crippen LogP contribution in [0.25, 0.3) is 22.0 Å². The number of hydrogen-bond acceptors (Lipinski definition) is 8. The zero-order chi connectivity index (χ0) is 26.9. The quantitative estimate of drug-likeness (QED) is 0.231. The average molecular weight is 527 g/mol. The van der Waals surface area contributed by atoms with Gasteiger partial charge in [0, 0.05) is 60.4 Å². The van der Waals surface area contributed by atoms with Gasteiger partial charge < -0.3 is 29.8 Å². The van der Waals surface area contributed by atoms with Gasteiger partial charge in [0.05, 0.1) is 31.6 Å². The Morgan fingerprint density at radius 1 is 1.10 bits per heavy atom. The van der Waals surface area contributed by atoms with Crippen LogP contribution in [0.1, 0.15) is 12.0 Å². The highest BCUT2D eigenvalue weighted by molar-refractivity contribution is 5.96. The first kappa shape index (κ1) is 26.5. The van der Waals surface area contributed by atoms with Crippen molar-refractivity contribution >= 4 is 22.3 Å². The van der Waals surface area contributed by atoms with Gasteiger partial charge in [0.2, 0.25) is 0 Å². The van der Waals surface area contributed by atoms with E-state index >= 15 is 0 Å². The second kappa shape index (κ2) is 13.1. The maximum Gasteiger partial charge on any atom is 0.161 e. The zero-order valence-corrected chi connectivity index (χ0v) is 22.2. The summed E-state index contributed by atoms with van der Waals surface area (Å²) in [6, 6.07) is 16.1. The number of hydrogen-bond donors (Lipinski definition) is 3. The van der Waals surface area contributed by atoms with Crippen LogP contribution in [-0.2, 0) is 4.74 Å². The zero-order valence-electron chi connectivity index (χ0n) is 22.2. The van der Waals surface area contributed by atoms with Crippen molar-refractivity contribution in [3.63, 3.8) is 0 Å². The molecule has 9 heteroatoms. The fourth-order valence-corrected chi connectivity index (χ4v) is 4.80. The minimum Gasteiger partial charge on any atom is -0.493 e. The number of fused-ring (bicyclic) bond motifs is 1. The molecule has 0 bridgehead atoms. The first-order valence-electron chi connectivity index (χ1n) is 13.3. The van der Waals surface area contributed by atoms with E-state index in [-0.39, 0.29) is 0 Å². The molecule has 0 saturated carbocycles. The van der Waals surface area contributed by atoms with Gasteiger partial charge in [0.1, 0.15) is 12.7 Å². The maximum absolute atomic E-state index is 9.86. The molecule has 1 aliphatic heterocycles. The van der Waals surface area contributed by atoms with E-state index in [1.54, 1.807) is 19.5 Å². The van der Waals surface area contributed by atoms with Crippen LogP contribution in [-0.4, -0.2) is 74.5 Å². The number of nitrogens with zero attached hydrogens (tertiary/aromatic N) is 3. The van der Waals surface area contributed by atoms with Crippen LogP contribution >= 0.6 is 0 Å². The standard InChI is InChI=1S/C30H34N6O3/c1-37-28-7-6-22(18-29(28)39-15-11-32-9-3-12-36-13-16-38-17-14-36)25-21-33-20-23(19-31)30(25)35-27-5-2-4-26-24(27)8-10-34-26/h2,4-8,10,18,20-21,32,34H,3,9,11-17H2,1H3,(H,33,35). The van der Waals surface area contributed by atoms with E-state index in [1.807, 2.05) is 48.7 Å². The van der Waals surface area contributed by atoms with Crippen LogP contribution in [0.2, 0.25) is 0 Å². The van der Waals surface area contributed by atoms with E-state index in [1.165, 1.54) is 0 Å². The number of aromatic nitrogens is 2. The molecule has 0 amide bonds. The van der Waals surface area contributed by atoms with E-state index in [0.717, 1.165) is 80.1 Å². The van der Waals surface area contributed by atoms with Gasteiger partial charge in [-0.1, -0.05) is 12.1 Å². The molecular formula is C30H34N6O3. The third-order valence-corrected chi connectivity index (χ3v) is 6.86. The summed E-state index contributed by atoms with van der Waals surface area (Å²) < 4.78 is 17.1. The molecular weight excluding hydrogens is 492 g/mol. The second-order valence-corrected chi connectivity index (χ2v) is 9.36. The molecule has 9 nitrogen and oxygen atoms in total. The monoisotopic (exact) mass is 526 g/mol. The van der Waals surface area contributed by atoms with Gasteiger partial charge in [-0.15, -0.1) is 0 Å². The molecule has 0 atom stereocenters. The van der Waals surface area contributed by atoms with Gasteiger partial charge in [-0.3, -0.25) is 9.88 Å². The molecule has 3 N–H and O–H groups in total. The van der Waals surface area contributed by atoms with Crippen LogP contribution in [0, 0.1) is 11.3 Å². The fourth-order valence-electron chi connectivity index (χ4n) is 4.80. The number of morpholine rings is 1. The fraction of sp³-hybridized carbons (Fsp3) is 0.333. The molecule has 3 heterocycles. The molecule has 0 radical (unpaired) electrons. The average Bonchev–Trinajstić information content (AvgIpc) is 3.47. The van der Waals surface area contributed by atoms with Crippen LogP contribution < -0.4 is 20.1 Å². The summed E-state index contributed by atoms with van der Waals surface area (Å²) >= 11 is 0. The number of aromatic amines is 1. The Balaban J connectivity index is 1.27. The molecule has 202 valence electrons. The van der Waals surface area contributed by atoms with Crippen molar-refractivity contribution < 1.29 is 14.2 Å². The molecule has 0 spiro atoms. The Morgan fingerprint density at radius 2 is 2.00 bits per heavy atom. The number of rotatable bonds is 12. The molecule has 0 unspecified atom stereocenters. The topological polar surface area (TPSA) is 107 Å². The van der Waals surface area contributed by atoms with Crippen LogP contribution in [0.4, 0.5) is 11.4 Å². The molecule has 1 fully saturated rings. The third-order valence-electron chi connectivity index (χ3n) is 6.86. The number of nitriles is 1. The first-order valence-corrected chi connectivity index (χ1v) is 13.3. The summed E-state index contributed by atoms with van der Waals surface area (Å²) in [5.41, 5.74) is 4.75. The number of nitrogens with one attached hydrogen (secondary N) is 3. The minimum atomic E-state index is 0.458. The van der Waals surface area contributed by atoms with Gasteiger partial charge >= 0.3 is 0 Å². The van der Waals surface area contributed by atoms with Gasteiger partial charge in [-0.2, -0.15) is 5.26 Å². The molecule has 1 aliphatic rings. The number of pyridine rings is 1. The highest BCUT2D eigenvalue weighted by Gasteiger charge is 2.16. The SMILES string of the molecule is COc1ccc(-c2cncc(C#N)c2Nc2cccc3[nH]ccc23)cc1OCCNCCCN1CCOCC1. The molecule has 4 aromatic rings. The van der Waals surface area contributed by atoms with E-state index in [0.29, 0.717) is 29.4 Å². The number of H-pyrrole nitrogens is 1. The third kappa shape index (κ3) is 6.49. The van der Waals surface area contributed by atoms with Gasteiger partial charge in [-0.05, 0) is 55.4 Å². The predicted molar refractivity (Wildman–Crippen MR) is 153 cm³/mol. The predicted octanol–water partition coefficient (Wildman–Crippen LogP) is 4.54. The normalized spacial score (nSPS) is 13.7. The summed E-state index contributed by atoms with van der Waals surface area (Å²) in [5.74, 6) is 1.30. The molecule has 5 rings (SSSR count). The Kier molecular flexibility index (Phi) is 8.91. The van der Waals surface area contributed by atoms with Crippen molar-refractivity contribution in [2.45, 2.75) is 6.42 Å². The van der Waals surface area contributed by atoms with E-state index < -0.39 is 0 Å². The Labute approximate surface area is 228 Å². The van der Waals surface area contributed by atoms with Crippen LogP contribution in [0.15, 0.2) is 61.1 Å². The number of benzene rings is 2. The Morgan fingerprint density at radius 3 is 2.85 bits per heavy atom. The summed E-state index contributed by atoms with van der Waals surface area (Å²) in [7, 11) is 1.63. The van der Waals surface area contributed by atoms with Crippen molar-refractivity contribution in [3.05, 3.63) is 66.6 Å². The van der Waals surface area contributed by atoms with Crippen molar-refractivity contribution in [1.29, 1.82) is 5.26 Å². The highest BCUT2D eigenvalue weighted by atomic mass is 16.5. The van der Waals surface area contributed by atoms with Crippen molar-refractivity contribution in [1.82, 2.24) is 20.2 Å². The lowest BCUT2D eigenvalue weighted by atomic mass is 10.0. The van der Waals surface area contributed by atoms with E-state index in [4.69, 9.17) is 14.2 Å². The summed E-state index contributed by atoms with van der Waals surface area (Å²) in [5, 5.41) is 17.9. The molecule has 2 aromatic heterocycles. The summed E-state index contributed by atoms with van der Waals surface area (Å²) in [6.45, 7) is 6.96. The first-order chi connectivity index (χ1) is 19.3. The van der Waals surface area contributed by atoms with E-state index in [9.17, 15) is 5.26 Å². The highest BCUT2D eigenvalue weighted by Crippen LogP contribution is 2.38. The Bertz CT molecular complexity index is 1420. The number of anilines is 2. The molecule has 39 heavy (non-hydrogen) atoms. The number of methoxy groups -OCH3 is 1. The summed E-state index contributed by atoms with van der Waals surface area (Å²) in [6.07, 6.45) is 6.34. The van der Waals surface area contributed by atoms with Crippen LogP contribution in [0.5, 0.6) is 11.5 Å². The van der Waals surface area contributed by atoms with Crippen molar-refractivity contribution in [2.24, 2.45) is 0 Å². The van der Waals surface area contributed by atoms with Crippen molar-refractivity contribution in [2.75, 3.05) is 65.0 Å². The smallest absolute Gasteiger partial charge is 0.161 e. The van der Waals surface area contributed by atoms with Crippen molar-refractivity contribution in [3.8, 4) is 28.7 Å². The number of ether oxygens (including phenoxy) is 3. The lowest BCUT2D eigenvalue weighted by molar-refractivity contribution is 0.0374. The Hall–Kier alpha value is -4.10. The second-order valence-electron chi connectivity index (χ2n) is 9.36.